The molecule has 0 spiro atoms. The number of benzene rings is 1. The average Bonchev–Trinajstić information content (AvgIpc) is 2.70. The number of aryl methyl sites for hydroxylation is 1. The predicted molar refractivity (Wildman–Crippen MR) is 68.6 cm³/mol. The average molecular weight is 262 g/mol. The zero-order chi connectivity index (χ0) is 14.0. The highest BCUT2D eigenvalue weighted by Crippen LogP contribution is 2.22. The second-order valence-electron chi connectivity index (χ2n) is 4.06. The number of amides is 1. The first-order valence-corrected chi connectivity index (χ1v) is 5.55. The van der Waals surface area contributed by atoms with Gasteiger partial charge in [-0.25, -0.2) is 0 Å². The van der Waals surface area contributed by atoms with E-state index in [2.05, 4.69) is 10.4 Å². The van der Waals surface area contributed by atoms with Gasteiger partial charge in [-0.2, -0.15) is 5.10 Å². The van der Waals surface area contributed by atoms with Crippen LogP contribution in [0.5, 0.6) is 11.5 Å². The Balaban J connectivity index is 2.09. The number of carbonyl (C=O) groups excluding carboxylic acids is 1. The van der Waals surface area contributed by atoms with Crippen molar-refractivity contribution in [3.05, 3.63) is 35.5 Å². The predicted octanol–water partition coefficient (Wildman–Crippen LogP) is 0.343. The molecular weight excluding hydrogens is 248 g/mol. The fourth-order valence-corrected chi connectivity index (χ4v) is 1.61. The van der Waals surface area contributed by atoms with Gasteiger partial charge in [0.05, 0.1) is 11.8 Å². The molecule has 0 atom stereocenters. The molecule has 1 amide bonds. The van der Waals surface area contributed by atoms with Crippen molar-refractivity contribution in [3.8, 4) is 11.5 Å². The molecule has 0 unspecified atom stereocenters. The highest BCUT2D eigenvalue weighted by Gasteiger charge is 2.13. The molecule has 7 heteroatoms. The van der Waals surface area contributed by atoms with Crippen LogP contribution in [0.4, 0.5) is 5.82 Å². The highest BCUT2D eigenvalue weighted by atomic mass is 16.3. The van der Waals surface area contributed by atoms with E-state index in [0.29, 0.717) is 11.4 Å². The topological polar surface area (TPSA) is 113 Å². The minimum Gasteiger partial charge on any atom is -0.508 e. The molecule has 0 radical (unpaired) electrons. The summed E-state index contributed by atoms with van der Waals surface area (Å²) in [7, 11) is 1.70. The lowest BCUT2D eigenvalue weighted by molar-refractivity contribution is 0.0948. The molecule has 0 saturated carbocycles. The number of nitrogens with two attached hydrogens (primary N) is 1. The standard InChI is InChI=1S/C12H14N4O3/c1-16-11(13)7(6-15-16)5-14-12(19)9-4-8(17)2-3-10(9)18/h2-4,6,17-18H,5,13H2,1H3,(H,14,19). The molecule has 0 bridgehead atoms. The number of phenolic OH excluding ortho intramolecular Hbond substituents is 2. The summed E-state index contributed by atoms with van der Waals surface area (Å²) in [5, 5.41) is 25.4. The third-order valence-corrected chi connectivity index (χ3v) is 2.73. The van der Waals surface area contributed by atoms with Crippen LogP contribution in [0.25, 0.3) is 0 Å². The fourth-order valence-electron chi connectivity index (χ4n) is 1.61. The van der Waals surface area contributed by atoms with E-state index in [9.17, 15) is 15.0 Å². The Labute approximate surface area is 109 Å². The zero-order valence-electron chi connectivity index (χ0n) is 10.3. The maximum absolute atomic E-state index is 11.9. The Morgan fingerprint density at radius 1 is 1.47 bits per heavy atom. The van der Waals surface area contributed by atoms with Crippen LogP contribution < -0.4 is 11.1 Å². The Hall–Kier alpha value is -2.70. The first-order chi connectivity index (χ1) is 8.99. The van der Waals surface area contributed by atoms with E-state index in [1.165, 1.54) is 22.9 Å². The zero-order valence-corrected chi connectivity index (χ0v) is 10.3. The van der Waals surface area contributed by atoms with Crippen molar-refractivity contribution in [2.75, 3.05) is 5.73 Å². The van der Waals surface area contributed by atoms with Gasteiger partial charge < -0.3 is 21.3 Å². The lowest BCUT2D eigenvalue weighted by Crippen LogP contribution is -2.23. The number of nitrogen functional groups attached to an aromatic ring is 1. The summed E-state index contributed by atoms with van der Waals surface area (Å²) >= 11 is 0. The van der Waals surface area contributed by atoms with Crippen LogP contribution in [0.1, 0.15) is 15.9 Å². The number of anilines is 1. The monoisotopic (exact) mass is 262 g/mol. The van der Waals surface area contributed by atoms with Gasteiger partial charge >= 0.3 is 0 Å². The number of carbonyl (C=O) groups is 1. The van der Waals surface area contributed by atoms with Crippen molar-refractivity contribution in [2.24, 2.45) is 7.05 Å². The van der Waals surface area contributed by atoms with E-state index in [1.54, 1.807) is 13.2 Å². The molecule has 0 fully saturated rings. The number of phenols is 2. The molecule has 7 nitrogen and oxygen atoms in total. The van der Waals surface area contributed by atoms with Crippen LogP contribution in [0, 0.1) is 0 Å². The van der Waals surface area contributed by atoms with E-state index in [-0.39, 0.29) is 23.6 Å². The third kappa shape index (κ3) is 2.59. The maximum Gasteiger partial charge on any atom is 0.255 e. The van der Waals surface area contributed by atoms with Gasteiger partial charge in [0.25, 0.3) is 5.91 Å². The first-order valence-electron chi connectivity index (χ1n) is 5.55. The molecule has 2 rings (SSSR count). The van der Waals surface area contributed by atoms with Gasteiger partial charge in [-0.05, 0) is 18.2 Å². The van der Waals surface area contributed by atoms with Gasteiger partial charge in [0.2, 0.25) is 0 Å². The molecule has 1 aromatic carbocycles. The fraction of sp³-hybridized carbons (Fsp3) is 0.167. The van der Waals surface area contributed by atoms with Crippen molar-refractivity contribution >= 4 is 11.7 Å². The van der Waals surface area contributed by atoms with Gasteiger partial charge in [0.1, 0.15) is 17.3 Å². The van der Waals surface area contributed by atoms with Crippen molar-refractivity contribution in [3.63, 3.8) is 0 Å². The Morgan fingerprint density at radius 2 is 2.21 bits per heavy atom. The quantitative estimate of drug-likeness (QED) is 0.596. The molecule has 19 heavy (non-hydrogen) atoms. The van der Waals surface area contributed by atoms with E-state index in [4.69, 9.17) is 5.73 Å². The van der Waals surface area contributed by atoms with E-state index < -0.39 is 5.91 Å². The molecule has 0 aliphatic carbocycles. The summed E-state index contributed by atoms with van der Waals surface area (Å²) in [5.41, 5.74) is 6.42. The van der Waals surface area contributed by atoms with E-state index >= 15 is 0 Å². The third-order valence-electron chi connectivity index (χ3n) is 2.73. The second kappa shape index (κ2) is 4.89. The summed E-state index contributed by atoms with van der Waals surface area (Å²) in [5.74, 6) is -0.338. The van der Waals surface area contributed by atoms with Crippen molar-refractivity contribution in [1.29, 1.82) is 0 Å². The van der Waals surface area contributed by atoms with Gasteiger partial charge in [0, 0.05) is 19.2 Å². The van der Waals surface area contributed by atoms with Crippen molar-refractivity contribution in [1.82, 2.24) is 15.1 Å². The molecule has 100 valence electrons. The first kappa shape index (κ1) is 12.7. The Morgan fingerprint density at radius 3 is 2.84 bits per heavy atom. The summed E-state index contributed by atoms with van der Waals surface area (Å²) < 4.78 is 1.49. The smallest absolute Gasteiger partial charge is 0.255 e. The molecule has 2 aromatic rings. The lowest BCUT2D eigenvalue weighted by atomic mass is 10.1. The molecule has 1 aromatic heterocycles. The summed E-state index contributed by atoms with van der Waals surface area (Å²) in [4.78, 5) is 11.9. The summed E-state index contributed by atoms with van der Waals surface area (Å²) in [6.07, 6.45) is 1.55. The number of aromatic hydroxyl groups is 2. The highest BCUT2D eigenvalue weighted by molar-refractivity contribution is 5.97. The molecule has 0 saturated heterocycles. The van der Waals surface area contributed by atoms with Crippen molar-refractivity contribution in [2.45, 2.75) is 6.54 Å². The van der Waals surface area contributed by atoms with Crippen LogP contribution >= 0.6 is 0 Å². The van der Waals surface area contributed by atoms with Crippen LogP contribution in [0.3, 0.4) is 0 Å². The number of hydrogen-bond donors (Lipinski definition) is 4. The molecule has 1 heterocycles. The number of nitrogens with one attached hydrogen (secondary N) is 1. The SMILES string of the molecule is Cn1ncc(CNC(=O)c2cc(O)ccc2O)c1N. The molecule has 5 N–H and O–H groups in total. The van der Waals surface area contributed by atoms with Gasteiger partial charge in [-0.3, -0.25) is 9.48 Å². The normalized spacial score (nSPS) is 10.4. The maximum atomic E-state index is 11.9. The van der Waals surface area contributed by atoms with Crippen LogP contribution in [-0.2, 0) is 13.6 Å². The Bertz CT molecular complexity index is 621. The van der Waals surface area contributed by atoms with Crippen LogP contribution in [0.15, 0.2) is 24.4 Å². The number of hydrogen-bond acceptors (Lipinski definition) is 5. The van der Waals surface area contributed by atoms with E-state index in [1.807, 2.05) is 0 Å². The van der Waals surface area contributed by atoms with Gasteiger partial charge in [0.15, 0.2) is 0 Å². The second-order valence-corrected chi connectivity index (χ2v) is 4.06. The molecule has 0 aliphatic rings. The minimum absolute atomic E-state index is 0.00228. The van der Waals surface area contributed by atoms with Crippen LogP contribution in [-0.4, -0.2) is 25.9 Å². The number of aromatic nitrogens is 2. The van der Waals surface area contributed by atoms with Gasteiger partial charge in [-0.1, -0.05) is 0 Å². The minimum atomic E-state index is -0.503. The Kier molecular flexibility index (Phi) is 3.28. The number of nitrogens with zero attached hydrogens (tertiary/aromatic N) is 2. The molecule has 0 aliphatic heterocycles. The number of rotatable bonds is 3. The largest absolute Gasteiger partial charge is 0.508 e. The summed E-state index contributed by atoms with van der Waals surface area (Å²) in [6, 6.07) is 3.74. The van der Waals surface area contributed by atoms with Gasteiger partial charge in [-0.15, -0.1) is 0 Å². The van der Waals surface area contributed by atoms with Crippen molar-refractivity contribution < 1.29 is 15.0 Å². The van der Waals surface area contributed by atoms with Crippen LogP contribution in [0.2, 0.25) is 0 Å². The molecular formula is C12H14N4O3. The van der Waals surface area contributed by atoms with E-state index in [0.717, 1.165) is 0 Å². The lowest BCUT2D eigenvalue weighted by Gasteiger charge is -2.07. The summed E-state index contributed by atoms with van der Waals surface area (Å²) in [6.45, 7) is 0.188.